The Hall–Kier alpha value is -3.63. The molecule has 0 aliphatic rings. The number of hydrogen-bond donors (Lipinski definition) is 1. The monoisotopic (exact) mass is 440 g/mol. The molecule has 0 unspecified atom stereocenters. The summed E-state index contributed by atoms with van der Waals surface area (Å²) in [6.07, 6.45) is -8.73. The van der Waals surface area contributed by atoms with Gasteiger partial charge in [0.2, 0.25) is 0 Å². The Kier molecular flexibility index (Phi) is 5.87. The van der Waals surface area contributed by atoms with Gasteiger partial charge in [0.05, 0.1) is 28.7 Å². The third-order valence-corrected chi connectivity index (χ3v) is 4.22. The highest BCUT2D eigenvalue weighted by atomic mass is 19.4. The van der Waals surface area contributed by atoms with Crippen molar-refractivity contribution < 1.29 is 31.1 Å². The Morgan fingerprint density at radius 3 is 2.26 bits per heavy atom. The van der Waals surface area contributed by atoms with Crippen LogP contribution in [0.2, 0.25) is 0 Å². The van der Waals surface area contributed by atoms with E-state index in [9.17, 15) is 31.1 Å². The Morgan fingerprint density at radius 2 is 1.65 bits per heavy atom. The Bertz CT molecular complexity index is 1120. The molecule has 3 rings (SSSR count). The largest absolute Gasteiger partial charge is 0.434 e. The van der Waals surface area contributed by atoms with Crippen molar-refractivity contribution in [2.45, 2.75) is 19.3 Å². The van der Waals surface area contributed by atoms with E-state index in [1.54, 1.807) is 6.07 Å². The number of alkyl halides is 6. The standard InChI is InChI=1S/C20H14F6N4O/c1-12(13-6-5-7-14(10-13)19(21,22)23)28-29-18(31)16-11-27-30(17(16)20(24,25)26)15-8-3-2-4-9-15/h2-11H,1H3,(H,29,31)/b28-12-. The highest BCUT2D eigenvalue weighted by Crippen LogP contribution is 2.33. The van der Waals surface area contributed by atoms with E-state index in [4.69, 9.17) is 0 Å². The van der Waals surface area contributed by atoms with Crippen molar-refractivity contribution in [3.05, 3.63) is 83.2 Å². The van der Waals surface area contributed by atoms with E-state index in [0.717, 1.165) is 24.4 Å². The van der Waals surface area contributed by atoms with Crippen LogP contribution >= 0.6 is 0 Å². The van der Waals surface area contributed by atoms with E-state index >= 15 is 0 Å². The lowest BCUT2D eigenvalue weighted by molar-refractivity contribution is -0.143. The molecule has 1 aromatic heterocycles. The van der Waals surface area contributed by atoms with Gasteiger partial charge in [0.15, 0.2) is 5.69 Å². The van der Waals surface area contributed by atoms with Gasteiger partial charge < -0.3 is 0 Å². The minimum Gasteiger partial charge on any atom is -0.267 e. The number of benzene rings is 2. The number of amides is 1. The van der Waals surface area contributed by atoms with Gasteiger partial charge in [0, 0.05) is 0 Å². The molecule has 0 saturated heterocycles. The zero-order valence-electron chi connectivity index (χ0n) is 15.8. The maximum Gasteiger partial charge on any atom is 0.434 e. The Labute approximate surface area is 172 Å². The highest BCUT2D eigenvalue weighted by molar-refractivity contribution is 6.01. The van der Waals surface area contributed by atoms with E-state index in [0.29, 0.717) is 4.68 Å². The predicted octanol–water partition coefficient (Wildman–Crippen LogP) is 5.06. The van der Waals surface area contributed by atoms with E-state index in [1.165, 1.54) is 37.3 Å². The molecule has 2 aromatic carbocycles. The fourth-order valence-corrected chi connectivity index (χ4v) is 2.73. The first-order chi connectivity index (χ1) is 14.5. The number of rotatable bonds is 4. The molecule has 1 N–H and O–H groups in total. The fraction of sp³-hybridized carbons (Fsp3) is 0.150. The first-order valence-electron chi connectivity index (χ1n) is 8.71. The van der Waals surface area contributed by atoms with Gasteiger partial charge in [-0.05, 0) is 36.8 Å². The predicted molar refractivity (Wildman–Crippen MR) is 99.7 cm³/mol. The quantitative estimate of drug-likeness (QED) is 0.350. The molecule has 3 aromatic rings. The van der Waals surface area contributed by atoms with E-state index in [-0.39, 0.29) is 17.0 Å². The van der Waals surface area contributed by atoms with Crippen LogP contribution in [-0.2, 0) is 12.4 Å². The van der Waals surface area contributed by atoms with Gasteiger partial charge in [-0.25, -0.2) is 10.1 Å². The molecule has 0 aliphatic carbocycles. The molecular weight excluding hydrogens is 426 g/mol. The van der Waals surface area contributed by atoms with Crippen molar-refractivity contribution in [1.82, 2.24) is 15.2 Å². The average molecular weight is 440 g/mol. The van der Waals surface area contributed by atoms with Gasteiger partial charge >= 0.3 is 12.4 Å². The van der Waals surface area contributed by atoms with Crippen LogP contribution < -0.4 is 5.43 Å². The van der Waals surface area contributed by atoms with Crippen LogP contribution in [0.4, 0.5) is 26.3 Å². The second-order valence-electron chi connectivity index (χ2n) is 6.37. The average Bonchev–Trinajstić information content (AvgIpc) is 3.18. The summed E-state index contributed by atoms with van der Waals surface area (Å²) in [7, 11) is 0. The van der Waals surface area contributed by atoms with Crippen molar-refractivity contribution in [3.8, 4) is 5.69 Å². The van der Waals surface area contributed by atoms with Crippen LogP contribution in [0.15, 0.2) is 65.9 Å². The summed E-state index contributed by atoms with van der Waals surface area (Å²) in [6, 6.07) is 11.6. The third kappa shape index (κ3) is 4.93. The summed E-state index contributed by atoms with van der Waals surface area (Å²) >= 11 is 0. The minimum atomic E-state index is -4.90. The van der Waals surface area contributed by atoms with Gasteiger partial charge in [-0.1, -0.05) is 30.3 Å². The molecule has 0 atom stereocenters. The highest BCUT2D eigenvalue weighted by Gasteiger charge is 2.40. The summed E-state index contributed by atoms with van der Waals surface area (Å²) < 4.78 is 80.0. The molecule has 0 bridgehead atoms. The summed E-state index contributed by atoms with van der Waals surface area (Å²) in [5, 5.41) is 7.30. The topological polar surface area (TPSA) is 59.3 Å². The summed E-state index contributed by atoms with van der Waals surface area (Å²) in [4.78, 5) is 12.4. The van der Waals surface area contributed by atoms with Crippen molar-refractivity contribution in [2.75, 3.05) is 0 Å². The van der Waals surface area contributed by atoms with Crippen LogP contribution in [0.25, 0.3) is 5.69 Å². The molecule has 1 amide bonds. The first kappa shape index (κ1) is 22.1. The van der Waals surface area contributed by atoms with Gasteiger partial charge in [-0.3, -0.25) is 4.79 Å². The minimum absolute atomic E-state index is 0.0246. The summed E-state index contributed by atoms with van der Waals surface area (Å²) in [5.41, 5.74) is -0.940. The second kappa shape index (κ2) is 8.25. The number of para-hydroxylation sites is 1. The zero-order valence-corrected chi connectivity index (χ0v) is 15.8. The van der Waals surface area contributed by atoms with Crippen molar-refractivity contribution in [2.24, 2.45) is 5.10 Å². The fourth-order valence-electron chi connectivity index (χ4n) is 2.73. The second-order valence-corrected chi connectivity index (χ2v) is 6.37. The number of aromatic nitrogens is 2. The molecule has 1 heterocycles. The van der Waals surface area contributed by atoms with Crippen molar-refractivity contribution >= 4 is 11.6 Å². The van der Waals surface area contributed by atoms with Gasteiger partial charge in [0.25, 0.3) is 5.91 Å². The number of carbonyl (C=O) groups is 1. The van der Waals surface area contributed by atoms with E-state index in [1.807, 2.05) is 5.43 Å². The molecule has 162 valence electrons. The third-order valence-electron chi connectivity index (χ3n) is 4.22. The molecule has 5 nitrogen and oxygen atoms in total. The zero-order chi connectivity index (χ0) is 22.8. The Balaban J connectivity index is 1.90. The van der Waals surface area contributed by atoms with E-state index < -0.39 is 35.1 Å². The lowest BCUT2D eigenvalue weighted by Crippen LogP contribution is -2.24. The van der Waals surface area contributed by atoms with Crippen LogP contribution in [0.3, 0.4) is 0 Å². The lowest BCUT2D eigenvalue weighted by atomic mass is 10.1. The summed E-state index contributed by atoms with van der Waals surface area (Å²) in [5.74, 6) is -1.21. The van der Waals surface area contributed by atoms with Gasteiger partial charge in [-0.2, -0.15) is 36.5 Å². The number of nitrogens with one attached hydrogen (secondary N) is 1. The molecule has 0 aliphatic heterocycles. The van der Waals surface area contributed by atoms with Crippen LogP contribution in [0, 0.1) is 0 Å². The number of hydrogen-bond acceptors (Lipinski definition) is 3. The van der Waals surface area contributed by atoms with Crippen molar-refractivity contribution in [3.63, 3.8) is 0 Å². The van der Waals surface area contributed by atoms with Crippen LogP contribution in [0.1, 0.15) is 34.1 Å². The summed E-state index contributed by atoms with van der Waals surface area (Å²) in [6.45, 7) is 1.31. The number of nitrogens with zero attached hydrogens (tertiary/aromatic N) is 3. The van der Waals surface area contributed by atoms with Crippen LogP contribution in [-0.4, -0.2) is 21.4 Å². The molecule has 0 radical (unpaired) electrons. The molecule has 0 fully saturated rings. The van der Waals surface area contributed by atoms with Crippen molar-refractivity contribution in [1.29, 1.82) is 0 Å². The molecule has 31 heavy (non-hydrogen) atoms. The van der Waals surface area contributed by atoms with Gasteiger partial charge in [0.1, 0.15) is 0 Å². The SMILES string of the molecule is C/C(=N/NC(=O)c1cnn(-c2ccccc2)c1C(F)(F)F)c1cccc(C(F)(F)F)c1. The number of hydrazone groups is 1. The first-order valence-corrected chi connectivity index (χ1v) is 8.71. The molecule has 0 saturated carbocycles. The van der Waals surface area contributed by atoms with Gasteiger partial charge in [-0.15, -0.1) is 0 Å². The molecule has 0 spiro atoms. The molecular formula is C20H14F6N4O. The maximum atomic E-state index is 13.6. The Morgan fingerprint density at radius 1 is 0.968 bits per heavy atom. The number of halogens is 6. The van der Waals surface area contributed by atoms with E-state index in [2.05, 4.69) is 10.2 Å². The molecule has 11 heteroatoms. The smallest absolute Gasteiger partial charge is 0.267 e. The normalized spacial score (nSPS) is 12.7. The number of carbonyl (C=O) groups excluding carboxylic acids is 1. The maximum absolute atomic E-state index is 13.6. The lowest BCUT2D eigenvalue weighted by Gasteiger charge is -2.12. The van der Waals surface area contributed by atoms with Crippen LogP contribution in [0.5, 0.6) is 0 Å².